The Bertz CT molecular complexity index is 972. The van der Waals surface area contributed by atoms with Crippen LogP contribution in [0.2, 0.25) is 0 Å². The van der Waals surface area contributed by atoms with Crippen LogP contribution in [0.15, 0.2) is 54.6 Å². The smallest absolute Gasteiger partial charge is 0.254 e. The molecule has 1 aliphatic heterocycles. The standard InChI is InChI=1S/C22H22N2O3/c1-27-20-11-5-10-17-18(22(26)24-12-6-9-16(24)14-25)13-19(23-21(17)20)15-7-3-2-4-8-15/h2-5,7-8,10-11,13,16,25H,6,9,12,14H2,1H3/t16-/m1/s1. The Labute approximate surface area is 158 Å². The molecule has 1 amide bonds. The fraction of sp³-hybridized carbons (Fsp3) is 0.273. The molecular formula is C22H22N2O3. The lowest BCUT2D eigenvalue weighted by Crippen LogP contribution is -2.37. The molecule has 0 saturated carbocycles. The molecule has 5 heteroatoms. The lowest BCUT2D eigenvalue weighted by molar-refractivity contribution is 0.0679. The zero-order valence-electron chi connectivity index (χ0n) is 15.3. The Morgan fingerprint density at radius 3 is 2.78 bits per heavy atom. The first-order chi connectivity index (χ1) is 13.2. The van der Waals surface area contributed by atoms with Crippen molar-refractivity contribution in [2.75, 3.05) is 20.3 Å². The number of likely N-dealkylation sites (tertiary alicyclic amines) is 1. The lowest BCUT2D eigenvalue weighted by atomic mass is 10.0. The van der Waals surface area contributed by atoms with Crippen molar-refractivity contribution in [1.29, 1.82) is 0 Å². The summed E-state index contributed by atoms with van der Waals surface area (Å²) < 4.78 is 5.49. The van der Waals surface area contributed by atoms with E-state index in [1.807, 2.05) is 54.6 Å². The van der Waals surface area contributed by atoms with Gasteiger partial charge in [-0.25, -0.2) is 4.98 Å². The van der Waals surface area contributed by atoms with Crippen molar-refractivity contribution in [2.24, 2.45) is 0 Å². The van der Waals surface area contributed by atoms with Gasteiger partial charge in [0.05, 0.1) is 31.0 Å². The maximum atomic E-state index is 13.4. The number of methoxy groups -OCH3 is 1. The van der Waals surface area contributed by atoms with Gasteiger partial charge >= 0.3 is 0 Å². The van der Waals surface area contributed by atoms with E-state index in [-0.39, 0.29) is 18.6 Å². The van der Waals surface area contributed by atoms with Crippen molar-refractivity contribution < 1.29 is 14.6 Å². The SMILES string of the molecule is COc1cccc2c(C(=O)N3CCC[C@@H]3CO)cc(-c3ccccc3)nc12. The molecule has 1 fully saturated rings. The number of benzene rings is 2. The minimum absolute atomic E-state index is 0.0103. The molecule has 0 bridgehead atoms. The van der Waals surface area contributed by atoms with E-state index in [0.29, 0.717) is 23.4 Å². The van der Waals surface area contributed by atoms with Gasteiger partial charge < -0.3 is 14.7 Å². The van der Waals surface area contributed by atoms with Crippen LogP contribution in [-0.2, 0) is 0 Å². The van der Waals surface area contributed by atoms with Gasteiger partial charge in [-0.1, -0.05) is 42.5 Å². The number of ether oxygens (including phenoxy) is 1. The fourth-order valence-corrected chi connectivity index (χ4v) is 3.77. The number of hydrogen-bond donors (Lipinski definition) is 1. The van der Waals surface area contributed by atoms with E-state index >= 15 is 0 Å². The summed E-state index contributed by atoms with van der Waals surface area (Å²) in [5.74, 6) is 0.573. The van der Waals surface area contributed by atoms with Crippen LogP contribution in [0.5, 0.6) is 5.75 Å². The molecule has 0 spiro atoms. The third-order valence-electron chi connectivity index (χ3n) is 5.17. The molecule has 1 atom stereocenters. The predicted molar refractivity (Wildman–Crippen MR) is 105 cm³/mol. The zero-order chi connectivity index (χ0) is 18.8. The Balaban J connectivity index is 1.91. The van der Waals surface area contributed by atoms with E-state index in [9.17, 15) is 9.90 Å². The quantitative estimate of drug-likeness (QED) is 0.771. The van der Waals surface area contributed by atoms with E-state index in [1.54, 1.807) is 12.0 Å². The van der Waals surface area contributed by atoms with Crippen molar-refractivity contribution in [2.45, 2.75) is 18.9 Å². The number of fused-ring (bicyclic) bond motifs is 1. The first kappa shape index (κ1) is 17.5. The van der Waals surface area contributed by atoms with Gasteiger partial charge in [0.25, 0.3) is 5.91 Å². The van der Waals surface area contributed by atoms with Crippen LogP contribution in [-0.4, -0.2) is 47.2 Å². The van der Waals surface area contributed by atoms with Crippen LogP contribution < -0.4 is 4.74 Å². The molecule has 27 heavy (non-hydrogen) atoms. The highest BCUT2D eigenvalue weighted by Crippen LogP contribution is 2.32. The number of amides is 1. The number of hydrogen-bond acceptors (Lipinski definition) is 4. The van der Waals surface area contributed by atoms with Gasteiger partial charge in [0.1, 0.15) is 11.3 Å². The van der Waals surface area contributed by atoms with Gasteiger partial charge in [0.15, 0.2) is 0 Å². The van der Waals surface area contributed by atoms with Gasteiger partial charge in [0.2, 0.25) is 0 Å². The molecule has 5 nitrogen and oxygen atoms in total. The van der Waals surface area contributed by atoms with Crippen molar-refractivity contribution in [3.8, 4) is 17.0 Å². The summed E-state index contributed by atoms with van der Waals surface area (Å²) in [6.45, 7) is 0.655. The van der Waals surface area contributed by atoms with Crippen molar-refractivity contribution in [3.63, 3.8) is 0 Å². The van der Waals surface area contributed by atoms with Crippen LogP contribution in [0.25, 0.3) is 22.2 Å². The highest BCUT2D eigenvalue weighted by Gasteiger charge is 2.30. The maximum Gasteiger partial charge on any atom is 0.254 e. The molecule has 2 aromatic carbocycles. The first-order valence-electron chi connectivity index (χ1n) is 9.18. The number of aromatic nitrogens is 1. The number of para-hydroxylation sites is 1. The van der Waals surface area contributed by atoms with Gasteiger partial charge in [-0.15, -0.1) is 0 Å². The molecule has 1 aliphatic rings. The molecule has 1 aromatic heterocycles. The summed E-state index contributed by atoms with van der Waals surface area (Å²) in [5, 5.41) is 10.4. The van der Waals surface area contributed by atoms with E-state index in [2.05, 4.69) is 0 Å². The van der Waals surface area contributed by atoms with Gasteiger partial charge in [-0.05, 0) is 25.0 Å². The number of carbonyl (C=O) groups is 1. The third-order valence-corrected chi connectivity index (χ3v) is 5.17. The zero-order valence-corrected chi connectivity index (χ0v) is 15.3. The summed E-state index contributed by atoms with van der Waals surface area (Å²) in [6, 6.07) is 17.2. The molecule has 2 heterocycles. The summed E-state index contributed by atoms with van der Waals surface area (Å²) in [4.78, 5) is 19.9. The topological polar surface area (TPSA) is 62.7 Å². The fourth-order valence-electron chi connectivity index (χ4n) is 3.77. The minimum Gasteiger partial charge on any atom is -0.494 e. The Hall–Kier alpha value is -2.92. The summed E-state index contributed by atoms with van der Waals surface area (Å²) in [6.07, 6.45) is 1.75. The van der Waals surface area contributed by atoms with E-state index in [4.69, 9.17) is 9.72 Å². The molecule has 0 aliphatic carbocycles. The second-order valence-corrected chi connectivity index (χ2v) is 6.75. The van der Waals surface area contributed by atoms with E-state index < -0.39 is 0 Å². The largest absolute Gasteiger partial charge is 0.494 e. The molecule has 3 aromatic rings. The molecule has 138 valence electrons. The number of aliphatic hydroxyl groups excluding tert-OH is 1. The number of pyridine rings is 1. The normalized spacial score (nSPS) is 16.7. The molecule has 0 radical (unpaired) electrons. The third kappa shape index (κ3) is 3.15. The highest BCUT2D eigenvalue weighted by molar-refractivity contribution is 6.08. The minimum atomic E-state index is -0.119. The maximum absolute atomic E-state index is 13.4. The van der Waals surface area contributed by atoms with Gasteiger partial charge in [0, 0.05) is 17.5 Å². The highest BCUT2D eigenvalue weighted by atomic mass is 16.5. The average Bonchev–Trinajstić information content (AvgIpc) is 3.21. The van der Waals surface area contributed by atoms with Crippen LogP contribution in [0.4, 0.5) is 0 Å². The van der Waals surface area contributed by atoms with Crippen LogP contribution in [0, 0.1) is 0 Å². The molecule has 0 unspecified atom stereocenters. The average molecular weight is 362 g/mol. The number of aliphatic hydroxyl groups is 1. The number of rotatable bonds is 4. The van der Waals surface area contributed by atoms with E-state index in [1.165, 1.54) is 0 Å². The first-order valence-corrected chi connectivity index (χ1v) is 9.18. The van der Waals surface area contributed by atoms with Gasteiger partial charge in [-0.3, -0.25) is 4.79 Å². The number of carbonyl (C=O) groups excluding carboxylic acids is 1. The Morgan fingerprint density at radius 2 is 2.04 bits per heavy atom. The molecule has 1 saturated heterocycles. The van der Waals surface area contributed by atoms with Gasteiger partial charge in [-0.2, -0.15) is 0 Å². The van der Waals surface area contributed by atoms with Crippen molar-refractivity contribution in [1.82, 2.24) is 9.88 Å². The summed E-state index contributed by atoms with van der Waals surface area (Å²) in [5.41, 5.74) is 2.94. The van der Waals surface area contributed by atoms with Crippen molar-refractivity contribution in [3.05, 3.63) is 60.2 Å². The molecule has 4 rings (SSSR count). The summed E-state index contributed by atoms with van der Waals surface area (Å²) >= 11 is 0. The monoisotopic (exact) mass is 362 g/mol. The summed E-state index contributed by atoms with van der Waals surface area (Å²) in [7, 11) is 1.61. The van der Waals surface area contributed by atoms with Crippen LogP contribution in [0.3, 0.4) is 0 Å². The second-order valence-electron chi connectivity index (χ2n) is 6.75. The lowest BCUT2D eigenvalue weighted by Gasteiger charge is -2.24. The molecular weight excluding hydrogens is 340 g/mol. The van der Waals surface area contributed by atoms with Crippen LogP contribution >= 0.6 is 0 Å². The predicted octanol–water partition coefficient (Wildman–Crippen LogP) is 3.51. The second kappa shape index (κ2) is 7.37. The van der Waals surface area contributed by atoms with Crippen LogP contribution in [0.1, 0.15) is 23.2 Å². The number of nitrogens with zero attached hydrogens (tertiary/aromatic N) is 2. The molecule has 1 N–H and O–H groups in total. The Kier molecular flexibility index (Phi) is 4.77. The Morgan fingerprint density at radius 1 is 1.22 bits per heavy atom. The van der Waals surface area contributed by atoms with E-state index in [0.717, 1.165) is 29.5 Å². The van der Waals surface area contributed by atoms with Crippen molar-refractivity contribution >= 4 is 16.8 Å².